The minimum atomic E-state index is 0.514. The van der Waals surface area contributed by atoms with E-state index in [-0.39, 0.29) is 0 Å². The Balaban J connectivity index is 1.42. The Labute approximate surface area is 164 Å². The van der Waals surface area contributed by atoms with Crippen LogP contribution in [-0.4, -0.2) is 34.1 Å². The number of aliphatic imine (C=N–C) groups is 1. The van der Waals surface area contributed by atoms with Crippen molar-refractivity contribution in [3.63, 3.8) is 0 Å². The zero-order valence-corrected chi connectivity index (χ0v) is 16.0. The highest BCUT2D eigenvalue weighted by Crippen LogP contribution is 2.07. The van der Waals surface area contributed by atoms with Gasteiger partial charge in [0.2, 0.25) is 0 Å². The third-order valence-corrected chi connectivity index (χ3v) is 4.35. The molecule has 0 unspecified atom stereocenters. The fourth-order valence-electron chi connectivity index (χ4n) is 2.64. The fourth-order valence-corrected chi connectivity index (χ4v) is 2.75. The molecule has 7 heteroatoms. The lowest BCUT2D eigenvalue weighted by molar-refractivity contribution is 0.787. The number of imidazole rings is 1. The van der Waals surface area contributed by atoms with Gasteiger partial charge < -0.3 is 15.2 Å². The number of pyridine rings is 1. The molecule has 1 aromatic carbocycles. The number of nitrogens with one attached hydrogen (secondary N) is 2. The van der Waals surface area contributed by atoms with E-state index in [0.717, 1.165) is 31.0 Å². The summed E-state index contributed by atoms with van der Waals surface area (Å²) in [5.41, 5.74) is 3.58. The molecule has 6 nitrogen and oxygen atoms in total. The minimum Gasteiger partial charge on any atom is -0.356 e. The van der Waals surface area contributed by atoms with Gasteiger partial charge in [-0.2, -0.15) is 0 Å². The van der Waals surface area contributed by atoms with Crippen LogP contribution < -0.4 is 10.6 Å². The van der Waals surface area contributed by atoms with Gasteiger partial charge in [-0.15, -0.1) is 0 Å². The molecule has 0 bridgehead atoms. The smallest absolute Gasteiger partial charge is 0.191 e. The number of aromatic nitrogens is 3. The molecule has 0 amide bonds. The molecule has 0 aliphatic heterocycles. The van der Waals surface area contributed by atoms with Gasteiger partial charge in [-0.3, -0.25) is 4.99 Å². The lowest BCUT2D eigenvalue weighted by Gasteiger charge is -2.12. The number of rotatable bonds is 7. The van der Waals surface area contributed by atoms with Crippen molar-refractivity contribution in [3.05, 3.63) is 83.2 Å². The molecule has 0 atom stereocenters. The van der Waals surface area contributed by atoms with E-state index in [2.05, 4.69) is 54.4 Å². The molecule has 0 saturated carbocycles. The average Bonchev–Trinajstić information content (AvgIpc) is 3.20. The maximum absolute atomic E-state index is 5.80. The van der Waals surface area contributed by atoms with Crippen molar-refractivity contribution < 1.29 is 0 Å². The molecule has 0 saturated heterocycles. The van der Waals surface area contributed by atoms with Crippen molar-refractivity contribution in [1.82, 2.24) is 25.2 Å². The van der Waals surface area contributed by atoms with Crippen LogP contribution in [0, 0.1) is 0 Å². The number of guanidine groups is 1. The Hall–Kier alpha value is -2.86. The standard InChI is InChI=1S/C20H23ClN6/c1-22-20(24-9-8-17-6-7-19(21)25-12-17)26-13-16-2-4-18(5-3-16)14-27-11-10-23-15-27/h2-7,10-12,15H,8-9,13-14H2,1H3,(H2,22,24,26). The topological polar surface area (TPSA) is 67.1 Å². The van der Waals surface area contributed by atoms with E-state index in [4.69, 9.17) is 11.6 Å². The van der Waals surface area contributed by atoms with E-state index in [1.165, 1.54) is 11.1 Å². The van der Waals surface area contributed by atoms with Crippen molar-refractivity contribution in [1.29, 1.82) is 0 Å². The predicted molar refractivity (Wildman–Crippen MR) is 109 cm³/mol. The molecule has 2 heterocycles. The molecule has 3 aromatic rings. The van der Waals surface area contributed by atoms with Crippen LogP contribution in [0.4, 0.5) is 0 Å². The van der Waals surface area contributed by atoms with Gasteiger partial charge in [0.05, 0.1) is 6.33 Å². The van der Waals surface area contributed by atoms with Crippen molar-refractivity contribution in [2.75, 3.05) is 13.6 Å². The summed E-state index contributed by atoms with van der Waals surface area (Å²) in [4.78, 5) is 12.4. The van der Waals surface area contributed by atoms with Crippen molar-refractivity contribution in [3.8, 4) is 0 Å². The Morgan fingerprint density at radius 3 is 2.52 bits per heavy atom. The van der Waals surface area contributed by atoms with Gasteiger partial charge in [-0.1, -0.05) is 41.9 Å². The molecule has 0 aliphatic rings. The molecule has 0 spiro atoms. The Kier molecular flexibility index (Phi) is 6.82. The lowest BCUT2D eigenvalue weighted by Crippen LogP contribution is -2.37. The van der Waals surface area contributed by atoms with E-state index in [0.29, 0.717) is 11.7 Å². The molecular weight excluding hydrogens is 360 g/mol. The van der Waals surface area contributed by atoms with Gasteiger partial charge in [0.25, 0.3) is 0 Å². The number of hydrogen-bond acceptors (Lipinski definition) is 3. The minimum absolute atomic E-state index is 0.514. The number of benzene rings is 1. The van der Waals surface area contributed by atoms with Crippen molar-refractivity contribution in [2.45, 2.75) is 19.5 Å². The average molecular weight is 383 g/mol. The maximum atomic E-state index is 5.80. The summed E-state index contributed by atoms with van der Waals surface area (Å²) < 4.78 is 2.05. The molecule has 0 aliphatic carbocycles. The second-order valence-corrected chi connectivity index (χ2v) is 6.53. The highest BCUT2D eigenvalue weighted by Gasteiger charge is 2.01. The number of nitrogens with zero attached hydrogens (tertiary/aromatic N) is 4. The molecule has 0 fully saturated rings. The van der Waals surface area contributed by atoms with Crippen LogP contribution in [0.15, 0.2) is 66.3 Å². The normalized spacial score (nSPS) is 11.4. The molecular formula is C20H23ClN6. The van der Waals surface area contributed by atoms with Crippen LogP contribution in [0.1, 0.15) is 16.7 Å². The second kappa shape index (κ2) is 9.73. The lowest BCUT2D eigenvalue weighted by atomic mass is 10.1. The summed E-state index contributed by atoms with van der Waals surface area (Å²) in [6, 6.07) is 12.3. The summed E-state index contributed by atoms with van der Waals surface area (Å²) >= 11 is 5.80. The highest BCUT2D eigenvalue weighted by atomic mass is 35.5. The molecule has 3 rings (SSSR count). The zero-order valence-electron chi connectivity index (χ0n) is 15.3. The van der Waals surface area contributed by atoms with Gasteiger partial charge in [0.1, 0.15) is 5.15 Å². The first-order valence-electron chi connectivity index (χ1n) is 8.81. The van der Waals surface area contributed by atoms with E-state index in [9.17, 15) is 0 Å². The first-order chi connectivity index (χ1) is 13.2. The Bertz CT molecular complexity index is 841. The highest BCUT2D eigenvalue weighted by molar-refractivity contribution is 6.29. The maximum Gasteiger partial charge on any atom is 0.191 e. The largest absolute Gasteiger partial charge is 0.356 e. The van der Waals surface area contributed by atoms with Crippen LogP contribution >= 0.6 is 11.6 Å². The van der Waals surface area contributed by atoms with Gasteiger partial charge in [-0.25, -0.2) is 9.97 Å². The SMILES string of the molecule is CN=C(NCCc1ccc(Cl)nc1)NCc1ccc(Cn2ccnc2)cc1. The summed E-state index contributed by atoms with van der Waals surface area (Å²) in [5.74, 6) is 0.777. The first kappa shape index (κ1) is 18.9. The van der Waals surface area contributed by atoms with Crippen LogP contribution in [0.3, 0.4) is 0 Å². The summed E-state index contributed by atoms with van der Waals surface area (Å²) in [7, 11) is 1.77. The summed E-state index contributed by atoms with van der Waals surface area (Å²) in [5, 5.41) is 7.16. The zero-order chi connectivity index (χ0) is 18.9. The fraction of sp³-hybridized carbons (Fsp3) is 0.250. The number of halogens is 1. The molecule has 2 N–H and O–H groups in total. The van der Waals surface area contributed by atoms with Gasteiger partial charge in [-0.05, 0) is 29.2 Å². The van der Waals surface area contributed by atoms with Crippen LogP contribution in [0.25, 0.3) is 0 Å². The van der Waals surface area contributed by atoms with Crippen LogP contribution in [-0.2, 0) is 19.5 Å². The quantitative estimate of drug-likeness (QED) is 0.374. The molecule has 0 radical (unpaired) electrons. The van der Waals surface area contributed by atoms with E-state index < -0.39 is 0 Å². The predicted octanol–water partition coefficient (Wildman–Crippen LogP) is 2.89. The van der Waals surface area contributed by atoms with Gasteiger partial charge in [0, 0.05) is 45.3 Å². The third kappa shape index (κ3) is 6.11. The second-order valence-electron chi connectivity index (χ2n) is 6.14. The van der Waals surface area contributed by atoms with Crippen molar-refractivity contribution in [2.24, 2.45) is 4.99 Å². The van der Waals surface area contributed by atoms with E-state index >= 15 is 0 Å². The number of hydrogen-bond donors (Lipinski definition) is 2. The molecule has 140 valence electrons. The third-order valence-electron chi connectivity index (χ3n) is 4.13. The van der Waals surface area contributed by atoms with Gasteiger partial charge >= 0.3 is 0 Å². The monoisotopic (exact) mass is 382 g/mol. The molecule has 2 aromatic heterocycles. The van der Waals surface area contributed by atoms with Crippen LogP contribution in [0.5, 0.6) is 0 Å². The van der Waals surface area contributed by atoms with Gasteiger partial charge in [0.15, 0.2) is 5.96 Å². The van der Waals surface area contributed by atoms with E-state index in [1.54, 1.807) is 25.5 Å². The Morgan fingerprint density at radius 1 is 1.07 bits per heavy atom. The first-order valence-corrected chi connectivity index (χ1v) is 9.19. The molecule has 27 heavy (non-hydrogen) atoms. The van der Waals surface area contributed by atoms with Crippen molar-refractivity contribution >= 4 is 17.6 Å². The Morgan fingerprint density at radius 2 is 1.85 bits per heavy atom. The van der Waals surface area contributed by atoms with E-state index in [1.807, 2.05) is 18.6 Å². The summed E-state index contributed by atoms with van der Waals surface area (Å²) in [6.45, 7) is 2.32. The summed E-state index contributed by atoms with van der Waals surface area (Å²) in [6.07, 6.45) is 8.23. The van der Waals surface area contributed by atoms with Crippen LogP contribution in [0.2, 0.25) is 5.15 Å².